The highest BCUT2D eigenvalue weighted by molar-refractivity contribution is 7.89. The molecule has 2 N–H and O–H groups in total. The fourth-order valence-corrected chi connectivity index (χ4v) is 3.81. The molecule has 7 heteroatoms. The van der Waals surface area contributed by atoms with E-state index in [1.165, 1.54) is 23.5 Å². The summed E-state index contributed by atoms with van der Waals surface area (Å²) in [6.07, 6.45) is 0. The predicted octanol–water partition coefficient (Wildman–Crippen LogP) is 2.16. The molecule has 5 nitrogen and oxygen atoms in total. The zero-order chi connectivity index (χ0) is 15.3. The van der Waals surface area contributed by atoms with E-state index in [1.54, 1.807) is 12.1 Å². The van der Waals surface area contributed by atoms with Crippen LogP contribution in [0.5, 0.6) is 5.75 Å². The van der Waals surface area contributed by atoms with Gasteiger partial charge in [-0.3, -0.25) is 0 Å². The third-order valence-electron chi connectivity index (χ3n) is 2.80. The summed E-state index contributed by atoms with van der Waals surface area (Å²) in [5.41, 5.74) is 0. The molecule has 2 rings (SSSR count). The van der Waals surface area contributed by atoms with Gasteiger partial charge in [0.05, 0.1) is 17.5 Å². The number of hydrogen-bond donors (Lipinski definition) is 2. The predicted molar refractivity (Wildman–Crippen MR) is 82.1 cm³/mol. The second-order valence-corrected chi connectivity index (χ2v) is 7.10. The molecule has 0 aliphatic heterocycles. The molecule has 0 spiro atoms. The minimum absolute atomic E-state index is 0.0834. The molecule has 0 saturated heterocycles. The van der Waals surface area contributed by atoms with Gasteiger partial charge in [-0.2, -0.15) is 0 Å². The van der Waals surface area contributed by atoms with Gasteiger partial charge in [-0.25, -0.2) is 13.1 Å². The molecular weight excluding hydrogens is 310 g/mol. The molecule has 0 saturated carbocycles. The molecule has 0 radical (unpaired) electrons. The number of nitrogens with one attached hydrogen (secondary N) is 1. The highest BCUT2D eigenvalue weighted by atomic mass is 32.2. The molecule has 1 heterocycles. The molecular formula is C14H17NO4S2. The maximum atomic E-state index is 12.3. The van der Waals surface area contributed by atoms with Gasteiger partial charge in [0.1, 0.15) is 12.4 Å². The maximum Gasteiger partial charge on any atom is 0.241 e. The van der Waals surface area contributed by atoms with Crippen LogP contribution >= 0.6 is 11.3 Å². The lowest BCUT2D eigenvalue weighted by atomic mass is 10.3. The third-order valence-corrected chi connectivity index (χ3v) is 5.41. The van der Waals surface area contributed by atoms with Gasteiger partial charge >= 0.3 is 0 Å². The summed E-state index contributed by atoms with van der Waals surface area (Å²) < 4.78 is 32.4. The number of aliphatic hydroxyl groups is 1. The average molecular weight is 327 g/mol. The second kappa shape index (κ2) is 7.04. The van der Waals surface area contributed by atoms with Crippen molar-refractivity contribution in [3.63, 3.8) is 0 Å². The monoisotopic (exact) mass is 327 g/mol. The minimum atomic E-state index is -3.57. The molecule has 1 aromatic heterocycles. The van der Waals surface area contributed by atoms with E-state index >= 15 is 0 Å². The Hall–Kier alpha value is -1.41. The summed E-state index contributed by atoms with van der Waals surface area (Å²) in [6.45, 7) is 1.90. The van der Waals surface area contributed by atoms with Crippen LogP contribution in [0.1, 0.15) is 17.8 Å². The fraction of sp³-hybridized carbons (Fsp3) is 0.286. The normalized spacial score (nSPS) is 13.0. The molecule has 1 aromatic carbocycles. The van der Waals surface area contributed by atoms with Crippen LogP contribution in [-0.4, -0.2) is 26.7 Å². The van der Waals surface area contributed by atoms with Gasteiger partial charge in [-0.15, -0.1) is 11.3 Å². The Morgan fingerprint density at radius 2 is 2.00 bits per heavy atom. The van der Waals surface area contributed by atoms with Crippen LogP contribution in [0.2, 0.25) is 0 Å². The van der Waals surface area contributed by atoms with Crippen molar-refractivity contribution >= 4 is 21.4 Å². The van der Waals surface area contributed by atoms with Gasteiger partial charge in [0, 0.05) is 4.88 Å². The molecule has 1 unspecified atom stereocenters. The lowest BCUT2D eigenvalue weighted by Crippen LogP contribution is -2.26. The molecule has 0 aliphatic rings. The van der Waals surface area contributed by atoms with E-state index in [0.29, 0.717) is 5.75 Å². The molecule has 0 amide bonds. The number of sulfonamides is 1. The number of benzene rings is 1. The summed E-state index contributed by atoms with van der Waals surface area (Å²) in [4.78, 5) is 1.14. The first-order chi connectivity index (χ1) is 10.0. The zero-order valence-corrected chi connectivity index (χ0v) is 13.2. The molecule has 0 aliphatic carbocycles. The van der Waals surface area contributed by atoms with Crippen molar-refractivity contribution in [3.05, 3.63) is 46.7 Å². The Kier molecular flexibility index (Phi) is 5.35. The zero-order valence-electron chi connectivity index (χ0n) is 11.5. The lowest BCUT2D eigenvalue weighted by molar-refractivity contribution is 0.201. The third kappa shape index (κ3) is 4.28. The summed E-state index contributed by atoms with van der Waals surface area (Å²) in [6, 6.07) is 9.61. The van der Waals surface area contributed by atoms with Crippen LogP contribution in [0.3, 0.4) is 0 Å². The minimum Gasteiger partial charge on any atom is -0.491 e. The van der Waals surface area contributed by atoms with Gasteiger partial charge in [0.2, 0.25) is 10.0 Å². The van der Waals surface area contributed by atoms with E-state index in [0.717, 1.165) is 4.88 Å². The average Bonchev–Trinajstić information content (AvgIpc) is 2.99. The number of hydrogen-bond acceptors (Lipinski definition) is 5. The van der Waals surface area contributed by atoms with Crippen LogP contribution in [0.15, 0.2) is 46.7 Å². The van der Waals surface area contributed by atoms with Crippen LogP contribution < -0.4 is 9.46 Å². The van der Waals surface area contributed by atoms with Crippen molar-refractivity contribution in [2.75, 3.05) is 13.2 Å². The van der Waals surface area contributed by atoms with Gasteiger partial charge < -0.3 is 9.84 Å². The van der Waals surface area contributed by atoms with Gasteiger partial charge in [0.25, 0.3) is 0 Å². The van der Waals surface area contributed by atoms with Crippen molar-refractivity contribution in [3.8, 4) is 5.75 Å². The molecule has 0 fully saturated rings. The van der Waals surface area contributed by atoms with Crippen molar-refractivity contribution in [1.82, 2.24) is 4.72 Å². The van der Waals surface area contributed by atoms with E-state index in [9.17, 15) is 8.42 Å². The quantitative estimate of drug-likeness (QED) is 0.817. The molecule has 114 valence electrons. The maximum absolute atomic E-state index is 12.3. The number of ether oxygens (including phenoxy) is 1. The topological polar surface area (TPSA) is 75.6 Å². The molecule has 0 bridgehead atoms. The largest absolute Gasteiger partial charge is 0.491 e. The highest BCUT2D eigenvalue weighted by Crippen LogP contribution is 2.22. The lowest BCUT2D eigenvalue weighted by Gasteiger charge is -2.13. The van der Waals surface area contributed by atoms with Crippen LogP contribution in [0.4, 0.5) is 0 Å². The Labute approximate surface area is 128 Å². The van der Waals surface area contributed by atoms with Crippen molar-refractivity contribution in [2.24, 2.45) is 0 Å². The molecule has 2 aromatic rings. The molecule has 1 atom stereocenters. The summed E-state index contributed by atoms with van der Waals surface area (Å²) in [7, 11) is -3.57. The van der Waals surface area contributed by atoms with Crippen molar-refractivity contribution in [1.29, 1.82) is 0 Å². The highest BCUT2D eigenvalue weighted by Gasteiger charge is 2.18. The number of thiophene rings is 1. The van der Waals surface area contributed by atoms with Gasteiger partial charge in [-0.1, -0.05) is 6.07 Å². The Morgan fingerprint density at radius 3 is 2.57 bits per heavy atom. The van der Waals surface area contributed by atoms with Crippen LogP contribution in [0, 0.1) is 0 Å². The van der Waals surface area contributed by atoms with Crippen LogP contribution in [-0.2, 0) is 10.0 Å². The first kappa shape index (κ1) is 16.0. The Balaban J connectivity index is 2.08. The summed E-state index contributed by atoms with van der Waals surface area (Å²) in [5, 5.41) is 10.6. The van der Waals surface area contributed by atoms with E-state index < -0.39 is 10.0 Å². The summed E-state index contributed by atoms with van der Waals surface area (Å²) >= 11 is 1.51. The number of aliphatic hydroxyl groups excluding tert-OH is 1. The Bertz CT molecular complexity index is 651. The number of rotatable bonds is 7. The van der Waals surface area contributed by atoms with E-state index in [1.807, 2.05) is 24.4 Å². The smallest absolute Gasteiger partial charge is 0.241 e. The second-order valence-electron chi connectivity index (χ2n) is 4.40. The molecule has 21 heavy (non-hydrogen) atoms. The summed E-state index contributed by atoms with van der Waals surface area (Å²) in [5.74, 6) is 0.523. The Morgan fingerprint density at radius 1 is 1.29 bits per heavy atom. The van der Waals surface area contributed by atoms with Gasteiger partial charge in [0.15, 0.2) is 0 Å². The van der Waals surface area contributed by atoms with Gasteiger partial charge in [-0.05, 0) is 42.6 Å². The van der Waals surface area contributed by atoms with Crippen molar-refractivity contribution < 1.29 is 18.3 Å². The standard InChI is InChI=1S/C14H17NO4S2/c1-11(14-3-2-10-20-14)15-21(17,18)13-6-4-12(5-7-13)19-9-8-16/h2-7,10-11,15-16H,8-9H2,1H3. The fourth-order valence-electron chi connectivity index (χ4n) is 1.78. The SMILES string of the molecule is CC(NS(=O)(=O)c1ccc(OCCO)cc1)c1cccs1. The first-order valence-corrected chi connectivity index (χ1v) is 8.78. The van der Waals surface area contributed by atoms with Crippen molar-refractivity contribution in [2.45, 2.75) is 17.9 Å². The van der Waals surface area contributed by atoms with E-state index in [-0.39, 0.29) is 24.2 Å². The first-order valence-electron chi connectivity index (χ1n) is 6.42. The van der Waals surface area contributed by atoms with E-state index in [2.05, 4.69) is 4.72 Å². The van der Waals surface area contributed by atoms with E-state index in [4.69, 9.17) is 9.84 Å². The van der Waals surface area contributed by atoms with Crippen LogP contribution in [0.25, 0.3) is 0 Å².